The molecule has 2 amide bonds. The van der Waals surface area contributed by atoms with Crippen molar-refractivity contribution in [3.8, 4) is 0 Å². The number of anilines is 1. The van der Waals surface area contributed by atoms with Gasteiger partial charge in [0.05, 0.1) is 13.2 Å². The first-order chi connectivity index (χ1) is 13.7. The molecule has 1 aromatic heterocycles. The number of nitrogens with one attached hydrogen (secondary N) is 2. The van der Waals surface area contributed by atoms with Crippen LogP contribution >= 0.6 is 11.3 Å². The highest BCUT2D eigenvalue weighted by Crippen LogP contribution is 2.16. The first-order valence-corrected chi connectivity index (χ1v) is 10.5. The van der Waals surface area contributed by atoms with Crippen LogP contribution in [0.15, 0.2) is 35.7 Å². The fourth-order valence-corrected chi connectivity index (χ4v) is 3.65. The van der Waals surface area contributed by atoms with Gasteiger partial charge in [0.25, 0.3) is 5.91 Å². The predicted molar refractivity (Wildman–Crippen MR) is 110 cm³/mol. The third kappa shape index (κ3) is 6.70. The van der Waals surface area contributed by atoms with Gasteiger partial charge in [0.1, 0.15) is 5.69 Å². The van der Waals surface area contributed by atoms with Crippen LogP contribution < -0.4 is 10.6 Å². The van der Waals surface area contributed by atoms with Gasteiger partial charge < -0.3 is 15.4 Å². The van der Waals surface area contributed by atoms with Crippen molar-refractivity contribution < 1.29 is 14.3 Å². The molecule has 0 spiro atoms. The quantitative estimate of drug-likeness (QED) is 0.628. The van der Waals surface area contributed by atoms with Crippen molar-refractivity contribution in [1.82, 2.24) is 15.2 Å². The number of benzene rings is 1. The number of carbonyl (C=O) groups is 2. The lowest BCUT2D eigenvalue weighted by Gasteiger charge is -2.26. The Bertz CT molecular complexity index is 760. The van der Waals surface area contributed by atoms with Gasteiger partial charge in [-0.15, -0.1) is 11.3 Å². The summed E-state index contributed by atoms with van der Waals surface area (Å²) in [6, 6.07) is 9.87. The Morgan fingerprint density at radius 2 is 1.96 bits per heavy atom. The molecule has 3 rings (SSSR count). The van der Waals surface area contributed by atoms with E-state index in [-0.39, 0.29) is 11.8 Å². The molecule has 2 heterocycles. The van der Waals surface area contributed by atoms with E-state index < -0.39 is 0 Å². The van der Waals surface area contributed by atoms with Gasteiger partial charge in [-0.3, -0.25) is 14.5 Å². The monoisotopic (exact) mass is 402 g/mol. The molecule has 1 aliphatic heterocycles. The van der Waals surface area contributed by atoms with Crippen molar-refractivity contribution in [3.63, 3.8) is 0 Å². The highest BCUT2D eigenvalue weighted by atomic mass is 32.1. The van der Waals surface area contributed by atoms with Crippen LogP contribution in [0.2, 0.25) is 0 Å². The Morgan fingerprint density at radius 1 is 1.18 bits per heavy atom. The Morgan fingerprint density at radius 3 is 2.75 bits per heavy atom. The fourth-order valence-electron chi connectivity index (χ4n) is 2.94. The van der Waals surface area contributed by atoms with Crippen molar-refractivity contribution >= 4 is 28.3 Å². The fraction of sp³-hybridized carbons (Fsp3) is 0.450. The number of nitrogens with zero attached hydrogens (tertiary/aromatic N) is 2. The van der Waals surface area contributed by atoms with Gasteiger partial charge in [-0.05, 0) is 24.9 Å². The molecule has 0 bridgehead atoms. The zero-order valence-electron chi connectivity index (χ0n) is 15.9. The average molecular weight is 403 g/mol. The smallest absolute Gasteiger partial charge is 0.270 e. The summed E-state index contributed by atoms with van der Waals surface area (Å²) < 4.78 is 5.32. The zero-order chi connectivity index (χ0) is 19.6. The van der Waals surface area contributed by atoms with Crippen LogP contribution in [-0.2, 0) is 16.0 Å². The van der Waals surface area contributed by atoms with Crippen molar-refractivity contribution in [3.05, 3.63) is 47.0 Å². The van der Waals surface area contributed by atoms with Crippen LogP contribution in [-0.4, -0.2) is 61.1 Å². The summed E-state index contributed by atoms with van der Waals surface area (Å²) in [4.78, 5) is 30.8. The van der Waals surface area contributed by atoms with E-state index in [4.69, 9.17) is 4.74 Å². The lowest BCUT2D eigenvalue weighted by Crippen LogP contribution is -2.38. The minimum Gasteiger partial charge on any atom is -0.379 e. The van der Waals surface area contributed by atoms with Gasteiger partial charge in [0, 0.05) is 31.4 Å². The molecule has 0 unspecified atom stereocenters. The summed E-state index contributed by atoms with van der Waals surface area (Å²) in [5, 5.41) is 7.78. The second kappa shape index (κ2) is 10.9. The number of morpholine rings is 1. The maximum absolute atomic E-state index is 12.2. The molecular weight excluding hydrogens is 376 g/mol. The molecule has 2 N–H and O–H groups in total. The number of aryl methyl sites for hydroxylation is 1. The Balaban J connectivity index is 1.35. The highest BCUT2D eigenvalue weighted by molar-refractivity contribution is 7.14. The van der Waals surface area contributed by atoms with Gasteiger partial charge in [0.15, 0.2) is 5.13 Å². The van der Waals surface area contributed by atoms with E-state index in [2.05, 4.69) is 20.5 Å². The minimum atomic E-state index is -0.206. The average Bonchev–Trinajstić information content (AvgIpc) is 3.19. The van der Waals surface area contributed by atoms with Crippen molar-refractivity contribution in [1.29, 1.82) is 0 Å². The molecule has 0 atom stereocenters. The normalized spacial score (nSPS) is 14.6. The second-order valence-corrected chi connectivity index (χ2v) is 7.49. The molecular formula is C20H26N4O3S. The number of thiazole rings is 1. The standard InChI is InChI=1S/C20H26N4O3S/c25-18(8-7-16-5-2-1-3-6-16)23-20-22-17(15-28-20)19(26)21-9-4-10-24-11-13-27-14-12-24/h1-3,5-6,15H,4,7-14H2,(H,21,26)(H,22,23,25). The first kappa shape index (κ1) is 20.4. The number of rotatable bonds is 9. The van der Waals surface area contributed by atoms with E-state index >= 15 is 0 Å². The van der Waals surface area contributed by atoms with Crippen LogP contribution in [0.4, 0.5) is 5.13 Å². The second-order valence-electron chi connectivity index (χ2n) is 6.64. The van der Waals surface area contributed by atoms with Crippen molar-refractivity contribution in [2.45, 2.75) is 19.3 Å². The van der Waals surface area contributed by atoms with E-state index in [1.165, 1.54) is 11.3 Å². The van der Waals surface area contributed by atoms with Crippen LogP contribution in [0, 0.1) is 0 Å². The molecule has 2 aromatic rings. The van der Waals surface area contributed by atoms with Gasteiger partial charge in [-0.25, -0.2) is 4.98 Å². The van der Waals surface area contributed by atoms with Gasteiger partial charge in [0.2, 0.25) is 5.91 Å². The third-order valence-electron chi connectivity index (χ3n) is 4.51. The van der Waals surface area contributed by atoms with Crippen LogP contribution in [0.25, 0.3) is 0 Å². The summed E-state index contributed by atoms with van der Waals surface area (Å²) in [7, 11) is 0. The van der Waals surface area contributed by atoms with E-state index in [1.54, 1.807) is 5.38 Å². The van der Waals surface area contributed by atoms with Gasteiger partial charge in [-0.2, -0.15) is 0 Å². The molecule has 8 heteroatoms. The Labute approximate surface area is 169 Å². The summed E-state index contributed by atoms with van der Waals surface area (Å²) >= 11 is 1.26. The van der Waals surface area contributed by atoms with Gasteiger partial charge in [-0.1, -0.05) is 30.3 Å². The SMILES string of the molecule is O=C(CCc1ccccc1)Nc1nc(C(=O)NCCCN2CCOCC2)cs1. The zero-order valence-corrected chi connectivity index (χ0v) is 16.7. The summed E-state index contributed by atoms with van der Waals surface area (Å²) in [5.74, 6) is -0.307. The van der Waals surface area contributed by atoms with Crippen molar-refractivity contribution in [2.75, 3.05) is 44.7 Å². The molecule has 1 saturated heterocycles. The lowest BCUT2D eigenvalue weighted by molar-refractivity contribution is -0.116. The topological polar surface area (TPSA) is 83.6 Å². The van der Waals surface area contributed by atoms with E-state index in [0.29, 0.717) is 30.2 Å². The van der Waals surface area contributed by atoms with Crippen LogP contribution in [0.3, 0.4) is 0 Å². The summed E-state index contributed by atoms with van der Waals surface area (Å²) in [5.41, 5.74) is 1.46. The number of ether oxygens (including phenoxy) is 1. The summed E-state index contributed by atoms with van der Waals surface area (Å²) in [6.45, 7) is 5.02. The third-order valence-corrected chi connectivity index (χ3v) is 5.26. The Kier molecular flexibility index (Phi) is 7.95. The number of amides is 2. The first-order valence-electron chi connectivity index (χ1n) is 9.58. The molecule has 1 aliphatic rings. The molecule has 7 nitrogen and oxygen atoms in total. The number of hydrogen-bond acceptors (Lipinski definition) is 6. The number of hydrogen-bond donors (Lipinski definition) is 2. The molecule has 1 fully saturated rings. The molecule has 28 heavy (non-hydrogen) atoms. The number of carbonyl (C=O) groups excluding carboxylic acids is 2. The molecule has 0 saturated carbocycles. The largest absolute Gasteiger partial charge is 0.379 e. The molecule has 0 aliphatic carbocycles. The maximum Gasteiger partial charge on any atom is 0.270 e. The van der Waals surface area contributed by atoms with Gasteiger partial charge >= 0.3 is 0 Å². The summed E-state index contributed by atoms with van der Waals surface area (Å²) in [6.07, 6.45) is 1.94. The minimum absolute atomic E-state index is 0.101. The maximum atomic E-state index is 12.2. The van der Waals surface area contributed by atoms with E-state index in [1.807, 2.05) is 30.3 Å². The molecule has 150 valence electrons. The molecule has 1 aromatic carbocycles. The van der Waals surface area contributed by atoms with Crippen LogP contribution in [0.1, 0.15) is 28.9 Å². The Hall–Kier alpha value is -2.29. The van der Waals surface area contributed by atoms with E-state index in [0.717, 1.165) is 44.8 Å². The van der Waals surface area contributed by atoms with Crippen LogP contribution in [0.5, 0.6) is 0 Å². The molecule has 0 radical (unpaired) electrons. The highest BCUT2D eigenvalue weighted by Gasteiger charge is 2.13. The van der Waals surface area contributed by atoms with E-state index in [9.17, 15) is 9.59 Å². The predicted octanol–water partition coefficient (Wildman–Crippen LogP) is 2.17. The number of aromatic nitrogens is 1. The lowest BCUT2D eigenvalue weighted by atomic mass is 10.1. The van der Waals surface area contributed by atoms with Crippen molar-refractivity contribution in [2.24, 2.45) is 0 Å².